The van der Waals surface area contributed by atoms with E-state index in [1.54, 1.807) is 52.0 Å². The second kappa shape index (κ2) is 21.1. The maximum absolute atomic E-state index is 14.6. The Labute approximate surface area is 358 Å². The summed E-state index contributed by atoms with van der Waals surface area (Å²) >= 11 is 0. The predicted octanol–water partition coefficient (Wildman–Crippen LogP) is 2.90. The van der Waals surface area contributed by atoms with Crippen LogP contribution in [0.15, 0.2) is 66.7 Å². The number of rotatable bonds is 17. The zero-order valence-electron chi connectivity index (χ0n) is 35.0. The Morgan fingerprint density at radius 1 is 0.867 bits per heavy atom. The number of fused-ring (bicyclic) bond motifs is 1. The van der Waals surface area contributed by atoms with E-state index in [1.165, 1.54) is 42.5 Å². The summed E-state index contributed by atoms with van der Waals surface area (Å²) in [5.41, 5.74) is 8.12. The van der Waals surface area contributed by atoms with Gasteiger partial charge in [-0.25, -0.2) is 9.59 Å². The van der Waals surface area contributed by atoms with Gasteiger partial charge in [0, 0.05) is 24.5 Å². The number of methoxy groups -OCH3 is 1. The van der Waals surface area contributed by atoms with E-state index in [1.807, 2.05) is 42.5 Å². The summed E-state index contributed by atoms with van der Waals surface area (Å²) in [6, 6.07) is 15.5. The van der Waals surface area contributed by atoms with Crippen molar-refractivity contribution in [2.45, 2.75) is 113 Å². The van der Waals surface area contributed by atoms with Gasteiger partial charge < -0.3 is 41.4 Å². The fourth-order valence-corrected chi connectivity index (χ4v) is 9.39. The van der Waals surface area contributed by atoms with Crippen LogP contribution in [0.4, 0.5) is 0 Å². The maximum Gasteiger partial charge on any atom is 0.349 e. The van der Waals surface area contributed by atoms with Crippen LogP contribution in [0.5, 0.6) is 5.75 Å². The van der Waals surface area contributed by atoms with Crippen LogP contribution in [0.3, 0.4) is 0 Å². The molecule has 1 aliphatic rings. The van der Waals surface area contributed by atoms with Gasteiger partial charge in [0.25, 0.3) is 0 Å². The number of carbonyl (C=O) groups excluding carboxylic acids is 6. The molecule has 0 spiro atoms. The lowest BCUT2D eigenvalue weighted by Gasteiger charge is -2.34. The van der Waals surface area contributed by atoms with Gasteiger partial charge in [-0.1, -0.05) is 76.2 Å². The molecule has 1 fully saturated rings. The Bertz CT molecular complexity index is 2020. The van der Waals surface area contributed by atoms with Gasteiger partial charge in [0.1, 0.15) is 35.5 Å². The third-order valence-corrected chi connectivity index (χ3v) is 14.4. The number of hydrogen-bond donors (Lipinski definition) is 7. The summed E-state index contributed by atoms with van der Waals surface area (Å²) in [4.78, 5) is 91.6. The average molecular weight is 868 g/mol. The Morgan fingerprint density at radius 3 is 2.12 bits per heavy atom. The highest BCUT2D eigenvalue weighted by Crippen LogP contribution is 2.47. The van der Waals surface area contributed by atoms with Crippen molar-refractivity contribution in [3.8, 4) is 5.75 Å². The van der Waals surface area contributed by atoms with Crippen LogP contribution in [0, 0.1) is 0 Å². The molecule has 3 aromatic carbocycles. The van der Waals surface area contributed by atoms with Crippen LogP contribution < -0.4 is 43.1 Å². The average Bonchev–Trinajstić information content (AvgIpc) is 3.23. The van der Waals surface area contributed by atoms with Crippen molar-refractivity contribution < 1.29 is 43.2 Å². The van der Waals surface area contributed by atoms with Crippen LogP contribution in [-0.2, 0) is 51.3 Å². The van der Waals surface area contributed by atoms with Crippen LogP contribution in [0.2, 0.25) is 0 Å². The number of carbonyl (C=O) groups is 6. The molecule has 0 aromatic heterocycles. The Balaban J connectivity index is 1.70. The molecule has 5 atom stereocenters. The Kier molecular flexibility index (Phi) is 16.8. The van der Waals surface area contributed by atoms with Gasteiger partial charge in [0.15, 0.2) is 0 Å². The minimum Gasteiger partial charge on any atom is -0.497 e. The molecule has 4 amide bonds. The molecule has 0 saturated carbocycles. The summed E-state index contributed by atoms with van der Waals surface area (Å²) in [6.07, 6.45) is 1.20. The summed E-state index contributed by atoms with van der Waals surface area (Å²) in [6.45, 7) is 10.3. The highest BCUT2D eigenvalue weighted by atomic mass is 33.1. The van der Waals surface area contributed by atoms with E-state index < -0.39 is 74.8 Å². The summed E-state index contributed by atoms with van der Waals surface area (Å²) < 4.78 is 3.51. The number of ether oxygens (including phenoxy) is 1. The SMILES string of the molecule is COc1ccc(C[C@H](NC(=O)C2NOC(=O)C(NC(C)=O)C(C)(C)SSC2(C)C)C(=O)N[C@@H](Cc2ccc3ccccc3c2)C(=O)NC(C)(CCCCN)C(=O)ON)cc1. The molecule has 9 N–H and O–H groups in total. The molecular weight excluding hydrogens is 811 g/mol. The van der Waals surface area contributed by atoms with Crippen molar-refractivity contribution in [1.82, 2.24) is 26.7 Å². The van der Waals surface area contributed by atoms with Gasteiger partial charge in [-0.3, -0.25) is 19.2 Å². The van der Waals surface area contributed by atoms with Gasteiger partial charge in [-0.2, -0.15) is 5.90 Å². The number of hydrogen-bond acceptors (Lipinski definition) is 14. The fraction of sp³-hybridized carbons (Fsp3) is 0.476. The third kappa shape index (κ3) is 12.8. The molecule has 326 valence electrons. The molecule has 1 saturated heterocycles. The highest BCUT2D eigenvalue weighted by molar-refractivity contribution is 8.77. The zero-order chi connectivity index (χ0) is 44.3. The van der Waals surface area contributed by atoms with Gasteiger partial charge in [-0.05, 0) is 94.5 Å². The molecule has 0 aliphatic carbocycles. The highest BCUT2D eigenvalue weighted by Gasteiger charge is 2.47. The van der Waals surface area contributed by atoms with Crippen LogP contribution in [0.1, 0.15) is 71.9 Å². The predicted molar refractivity (Wildman–Crippen MR) is 232 cm³/mol. The molecule has 1 aliphatic heterocycles. The molecule has 3 unspecified atom stereocenters. The van der Waals surface area contributed by atoms with Crippen molar-refractivity contribution in [1.29, 1.82) is 0 Å². The van der Waals surface area contributed by atoms with Gasteiger partial charge in [-0.15, -0.1) is 5.48 Å². The molecule has 3 aromatic rings. The monoisotopic (exact) mass is 867 g/mol. The normalized spacial score (nSPS) is 19.4. The van der Waals surface area contributed by atoms with Crippen molar-refractivity contribution in [2.75, 3.05) is 13.7 Å². The number of benzene rings is 3. The fourth-order valence-electron chi connectivity index (χ4n) is 6.59. The second-order valence-electron chi connectivity index (χ2n) is 16.0. The lowest BCUT2D eigenvalue weighted by molar-refractivity contribution is -0.159. The maximum atomic E-state index is 14.6. The topological polar surface area (TPSA) is 242 Å². The van der Waals surface area contributed by atoms with Gasteiger partial charge in [0.05, 0.1) is 11.9 Å². The lowest BCUT2D eigenvalue weighted by Crippen LogP contribution is -2.62. The first-order chi connectivity index (χ1) is 28.3. The summed E-state index contributed by atoms with van der Waals surface area (Å²) in [7, 11) is 4.14. The van der Waals surface area contributed by atoms with Crippen LogP contribution in [-0.4, -0.2) is 88.4 Å². The van der Waals surface area contributed by atoms with Crippen molar-refractivity contribution in [3.05, 3.63) is 77.9 Å². The molecule has 1 heterocycles. The molecule has 0 bridgehead atoms. The summed E-state index contributed by atoms with van der Waals surface area (Å²) in [5.74, 6) is 1.69. The molecular formula is C42H57N7O9S2. The second-order valence-corrected chi connectivity index (χ2v) is 19.4. The standard InChI is InChI=1S/C42H57N7O9S2/c1-25(50)45-34-38(54)58-49-33(40(2,3)59-60-41(34,4)5)37(53)47-31(23-26-15-18-30(56-7)19-16-26)35(51)46-32(24-27-14-17-28-12-8-9-13-29(28)22-27)36(52)48-42(6,39(55)57-44)20-10-11-21-43/h8-9,12-19,22,31-34,49H,10-11,20-21,23-24,43-44H2,1-7H3,(H,45,50)(H,46,51)(H,47,53)(H,48,52)/t31-,32-,33?,34?,42?/m0/s1. The van der Waals surface area contributed by atoms with Crippen molar-refractivity contribution in [2.24, 2.45) is 11.6 Å². The van der Waals surface area contributed by atoms with E-state index in [0.717, 1.165) is 10.8 Å². The van der Waals surface area contributed by atoms with Gasteiger partial charge in [0.2, 0.25) is 23.6 Å². The van der Waals surface area contributed by atoms with E-state index in [2.05, 4.69) is 31.6 Å². The number of nitrogens with one attached hydrogen (secondary N) is 5. The minimum absolute atomic E-state index is 0.00837. The number of nitrogens with two attached hydrogens (primary N) is 2. The van der Waals surface area contributed by atoms with Crippen LogP contribution in [0.25, 0.3) is 10.8 Å². The number of hydroxylamine groups is 1. The summed E-state index contributed by atoms with van der Waals surface area (Å²) in [5, 5.41) is 13.0. The van der Waals surface area contributed by atoms with E-state index >= 15 is 0 Å². The van der Waals surface area contributed by atoms with E-state index in [-0.39, 0.29) is 19.3 Å². The molecule has 16 nitrogen and oxygen atoms in total. The minimum atomic E-state index is -1.56. The van der Waals surface area contributed by atoms with E-state index in [0.29, 0.717) is 36.3 Å². The van der Waals surface area contributed by atoms with E-state index in [4.69, 9.17) is 21.2 Å². The molecule has 4 rings (SSSR count). The molecule has 0 radical (unpaired) electrons. The number of unbranched alkanes of at least 4 members (excludes halogenated alkanes) is 1. The Hall–Kier alpha value is -4.88. The molecule has 18 heteroatoms. The lowest BCUT2D eigenvalue weighted by atomic mass is 9.93. The van der Waals surface area contributed by atoms with Crippen LogP contribution >= 0.6 is 21.6 Å². The first-order valence-corrected chi connectivity index (χ1v) is 21.7. The van der Waals surface area contributed by atoms with Crippen molar-refractivity contribution in [3.63, 3.8) is 0 Å². The zero-order valence-corrected chi connectivity index (χ0v) is 36.7. The Morgan fingerprint density at radius 2 is 1.48 bits per heavy atom. The third-order valence-electron chi connectivity index (χ3n) is 10.2. The largest absolute Gasteiger partial charge is 0.497 e. The van der Waals surface area contributed by atoms with Crippen molar-refractivity contribution >= 4 is 67.9 Å². The molecule has 60 heavy (non-hydrogen) atoms. The first-order valence-electron chi connectivity index (χ1n) is 19.6. The van der Waals surface area contributed by atoms with E-state index in [9.17, 15) is 28.8 Å². The van der Waals surface area contributed by atoms with Gasteiger partial charge >= 0.3 is 11.9 Å². The first kappa shape index (κ1) is 47.8. The number of amides is 4. The quantitative estimate of drug-likeness (QED) is 0.0587. The smallest absolute Gasteiger partial charge is 0.349 e.